The first kappa shape index (κ1) is 16.5. The maximum Gasteiger partial charge on any atom is 0.273 e. The number of phenolic OH excluding ortho intramolecular Hbond substituents is 1. The third-order valence-corrected chi connectivity index (χ3v) is 3.26. The normalized spacial score (nSPS) is 12.0. The zero-order valence-electron chi connectivity index (χ0n) is 12.5. The van der Waals surface area contributed by atoms with Crippen molar-refractivity contribution in [3.05, 3.63) is 77.9 Å². The first-order valence-electron chi connectivity index (χ1n) is 7.11. The van der Waals surface area contributed by atoms with E-state index in [1.54, 1.807) is 54.6 Å². The number of nitrogens with one attached hydrogen (secondary N) is 1. The number of nitrogens with zero attached hydrogens (tertiary/aromatic N) is 1. The summed E-state index contributed by atoms with van der Waals surface area (Å²) in [4.78, 5) is 11.8. The number of allylic oxidation sites excluding steroid dienone is 1. The summed E-state index contributed by atoms with van der Waals surface area (Å²) in [5.41, 5.74) is 3.93. The Morgan fingerprint density at radius 2 is 1.96 bits per heavy atom. The molecule has 0 aliphatic carbocycles. The zero-order chi connectivity index (χ0) is 16.7. The summed E-state index contributed by atoms with van der Waals surface area (Å²) >= 11 is 0. The molecule has 2 aromatic rings. The van der Waals surface area contributed by atoms with Gasteiger partial charge in [0.2, 0.25) is 0 Å². The van der Waals surface area contributed by atoms with Crippen LogP contribution >= 0.6 is 0 Å². The minimum absolute atomic E-state index is 0.0917. The molecule has 2 aromatic carbocycles. The molecule has 3 N–H and O–H groups in total. The van der Waals surface area contributed by atoms with Crippen molar-refractivity contribution in [3.63, 3.8) is 0 Å². The van der Waals surface area contributed by atoms with Crippen LogP contribution in [0.4, 0.5) is 0 Å². The number of aliphatic hydroxyl groups is 1. The van der Waals surface area contributed by atoms with Gasteiger partial charge in [-0.15, -0.1) is 6.58 Å². The molecular weight excluding hydrogens is 292 g/mol. The second-order valence-electron chi connectivity index (χ2n) is 4.90. The van der Waals surface area contributed by atoms with Crippen LogP contribution in [0.3, 0.4) is 0 Å². The van der Waals surface area contributed by atoms with E-state index in [9.17, 15) is 15.0 Å². The number of hydrogen-bond acceptors (Lipinski definition) is 4. The number of carbonyl (C=O) groups excluding carboxylic acids is 1. The number of phenols is 1. The van der Waals surface area contributed by atoms with Crippen LogP contribution in [0.25, 0.3) is 0 Å². The van der Waals surface area contributed by atoms with Gasteiger partial charge in [0, 0.05) is 5.56 Å². The average Bonchev–Trinajstić information content (AvgIpc) is 2.58. The average molecular weight is 310 g/mol. The number of hydrazone groups is 1. The van der Waals surface area contributed by atoms with Crippen molar-refractivity contribution in [3.8, 4) is 5.75 Å². The van der Waals surface area contributed by atoms with E-state index in [0.29, 0.717) is 17.5 Å². The fraction of sp³-hybridized carbons (Fsp3) is 0.111. The summed E-state index contributed by atoms with van der Waals surface area (Å²) in [5, 5.41) is 23.8. The molecule has 23 heavy (non-hydrogen) atoms. The molecule has 0 saturated carbocycles. The molecule has 1 unspecified atom stereocenters. The van der Waals surface area contributed by atoms with Crippen molar-refractivity contribution in [1.82, 2.24) is 5.43 Å². The summed E-state index contributed by atoms with van der Waals surface area (Å²) in [5.74, 6) is -0.553. The van der Waals surface area contributed by atoms with Gasteiger partial charge in [-0.05, 0) is 23.6 Å². The summed E-state index contributed by atoms with van der Waals surface area (Å²) in [6.07, 6.45) is 2.26. The lowest BCUT2D eigenvalue weighted by Gasteiger charge is -2.08. The van der Waals surface area contributed by atoms with Crippen molar-refractivity contribution in [2.75, 3.05) is 0 Å². The van der Waals surface area contributed by atoms with Crippen LogP contribution in [0.5, 0.6) is 5.75 Å². The Morgan fingerprint density at radius 1 is 1.22 bits per heavy atom. The van der Waals surface area contributed by atoms with E-state index >= 15 is 0 Å². The van der Waals surface area contributed by atoms with Gasteiger partial charge < -0.3 is 10.2 Å². The number of hydrogen-bond donors (Lipinski definition) is 3. The number of rotatable bonds is 6. The maximum atomic E-state index is 11.8. The Balaban J connectivity index is 2.03. The molecule has 1 atom stereocenters. The fourth-order valence-electron chi connectivity index (χ4n) is 2.05. The van der Waals surface area contributed by atoms with Crippen LogP contribution in [-0.2, 0) is 11.2 Å². The lowest BCUT2D eigenvalue weighted by Crippen LogP contribution is -2.25. The first-order chi connectivity index (χ1) is 11.1. The minimum atomic E-state index is -1.30. The lowest BCUT2D eigenvalue weighted by atomic mass is 10.1. The van der Waals surface area contributed by atoms with Crippen LogP contribution in [0, 0.1) is 0 Å². The third-order valence-electron chi connectivity index (χ3n) is 3.26. The highest BCUT2D eigenvalue weighted by Gasteiger charge is 2.16. The number of aliphatic hydroxyl groups excluding tert-OH is 1. The highest BCUT2D eigenvalue weighted by molar-refractivity contribution is 5.87. The number of amides is 1. The van der Waals surface area contributed by atoms with E-state index in [1.165, 1.54) is 6.21 Å². The molecular formula is C18H18N2O3. The zero-order valence-corrected chi connectivity index (χ0v) is 12.5. The molecule has 0 radical (unpaired) electrons. The molecule has 0 heterocycles. The molecule has 118 valence electrons. The summed E-state index contributed by atoms with van der Waals surface area (Å²) in [7, 11) is 0. The summed E-state index contributed by atoms with van der Waals surface area (Å²) in [6, 6.07) is 13.8. The Morgan fingerprint density at radius 3 is 2.65 bits per heavy atom. The van der Waals surface area contributed by atoms with Gasteiger partial charge >= 0.3 is 0 Å². The Hall–Kier alpha value is -2.92. The molecule has 0 spiro atoms. The third kappa shape index (κ3) is 4.28. The molecule has 0 saturated heterocycles. The molecule has 2 rings (SSSR count). The molecule has 1 amide bonds. The van der Waals surface area contributed by atoms with Gasteiger partial charge in [0.25, 0.3) is 5.91 Å². The van der Waals surface area contributed by atoms with E-state index < -0.39 is 12.0 Å². The predicted octanol–water partition coefficient (Wildman–Crippen LogP) is 2.30. The van der Waals surface area contributed by atoms with E-state index in [-0.39, 0.29) is 5.75 Å². The second kappa shape index (κ2) is 7.91. The summed E-state index contributed by atoms with van der Waals surface area (Å²) < 4.78 is 0. The van der Waals surface area contributed by atoms with Gasteiger partial charge in [0.1, 0.15) is 5.75 Å². The van der Waals surface area contributed by atoms with Gasteiger partial charge in [-0.2, -0.15) is 5.10 Å². The molecule has 5 heteroatoms. The Kier molecular flexibility index (Phi) is 5.66. The standard InChI is InChI=1S/C18H18N2O3/c1-2-7-13-10-6-11-15(16(13)21)12-19-20-18(23)17(22)14-8-4-3-5-9-14/h2-6,8-12,17,21-22H,1,7H2,(H,20,23). The monoisotopic (exact) mass is 310 g/mol. The fourth-order valence-corrected chi connectivity index (χ4v) is 2.05. The van der Waals surface area contributed by atoms with Crippen LogP contribution in [0.1, 0.15) is 22.8 Å². The minimum Gasteiger partial charge on any atom is -0.507 e. The van der Waals surface area contributed by atoms with Crippen molar-refractivity contribution >= 4 is 12.1 Å². The second-order valence-corrected chi connectivity index (χ2v) is 4.90. The first-order valence-corrected chi connectivity index (χ1v) is 7.11. The smallest absolute Gasteiger partial charge is 0.273 e. The molecule has 0 fully saturated rings. The lowest BCUT2D eigenvalue weighted by molar-refractivity contribution is -0.129. The molecule has 0 aliphatic heterocycles. The van der Waals surface area contributed by atoms with E-state index in [2.05, 4.69) is 17.1 Å². The number of para-hydroxylation sites is 1. The number of carbonyl (C=O) groups is 1. The number of aromatic hydroxyl groups is 1. The van der Waals surface area contributed by atoms with Gasteiger partial charge in [-0.25, -0.2) is 5.43 Å². The Labute approximate surface area is 134 Å². The van der Waals surface area contributed by atoms with Crippen LogP contribution in [-0.4, -0.2) is 22.3 Å². The van der Waals surface area contributed by atoms with Gasteiger partial charge in [-0.1, -0.05) is 48.5 Å². The van der Waals surface area contributed by atoms with E-state index in [1.807, 2.05) is 0 Å². The highest BCUT2D eigenvalue weighted by atomic mass is 16.3. The van der Waals surface area contributed by atoms with Crippen molar-refractivity contribution in [2.45, 2.75) is 12.5 Å². The van der Waals surface area contributed by atoms with Gasteiger partial charge in [0.05, 0.1) is 6.21 Å². The van der Waals surface area contributed by atoms with Crippen molar-refractivity contribution in [1.29, 1.82) is 0 Å². The van der Waals surface area contributed by atoms with Gasteiger partial charge in [0.15, 0.2) is 6.10 Å². The predicted molar refractivity (Wildman–Crippen MR) is 89.1 cm³/mol. The van der Waals surface area contributed by atoms with E-state index in [0.717, 1.165) is 5.56 Å². The van der Waals surface area contributed by atoms with Crippen molar-refractivity contribution in [2.24, 2.45) is 5.10 Å². The molecule has 0 aromatic heterocycles. The van der Waals surface area contributed by atoms with Crippen LogP contribution in [0.2, 0.25) is 0 Å². The molecule has 0 aliphatic rings. The molecule has 5 nitrogen and oxygen atoms in total. The van der Waals surface area contributed by atoms with E-state index in [4.69, 9.17) is 0 Å². The molecule has 0 bridgehead atoms. The summed E-state index contributed by atoms with van der Waals surface area (Å²) in [6.45, 7) is 3.63. The topological polar surface area (TPSA) is 81.9 Å². The van der Waals surface area contributed by atoms with Crippen LogP contribution in [0.15, 0.2) is 66.3 Å². The maximum absolute atomic E-state index is 11.8. The quantitative estimate of drug-likeness (QED) is 0.435. The Bertz CT molecular complexity index is 711. The number of benzene rings is 2. The van der Waals surface area contributed by atoms with Crippen molar-refractivity contribution < 1.29 is 15.0 Å². The van der Waals surface area contributed by atoms with Gasteiger partial charge in [-0.3, -0.25) is 4.79 Å². The highest BCUT2D eigenvalue weighted by Crippen LogP contribution is 2.21. The SMILES string of the molecule is C=CCc1cccc(C=NNC(=O)C(O)c2ccccc2)c1O. The van der Waals surface area contributed by atoms with Crippen LogP contribution < -0.4 is 5.43 Å². The largest absolute Gasteiger partial charge is 0.507 e.